The van der Waals surface area contributed by atoms with Crippen molar-refractivity contribution in [1.29, 1.82) is 0 Å². The van der Waals surface area contributed by atoms with Gasteiger partial charge in [-0.3, -0.25) is 9.69 Å². The molecule has 5 rings (SSSR count). The molecule has 0 bridgehead atoms. The third kappa shape index (κ3) is 8.82. The number of unbranched alkanes of at least 4 members (excludes halogenated alkanes) is 2. The topological polar surface area (TPSA) is 38.8 Å². The van der Waals surface area contributed by atoms with Crippen molar-refractivity contribution in [3.63, 3.8) is 0 Å². The van der Waals surface area contributed by atoms with Crippen LogP contribution in [0.5, 0.6) is 0 Å². The first kappa shape index (κ1) is 39.3. The summed E-state index contributed by atoms with van der Waals surface area (Å²) >= 11 is 0. The van der Waals surface area contributed by atoms with Gasteiger partial charge in [-0.15, -0.1) is 0 Å². The largest absolute Gasteiger partial charge is 0.426 e. The van der Waals surface area contributed by atoms with E-state index < -0.39 is 24.6 Å². The monoisotopic (exact) mass is 737 g/mol. The van der Waals surface area contributed by atoms with Gasteiger partial charge in [0.15, 0.2) is 5.78 Å². The number of carbonyl (C=O) groups excluding carboxylic acids is 1. The Balaban J connectivity index is 1.14. The maximum Gasteiger partial charge on any atom is 0.426 e. The Morgan fingerprint density at radius 3 is 2.45 bits per heavy atom. The second kappa shape index (κ2) is 16.4. The highest BCUT2D eigenvalue weighted by molar-refractivity contribution is 8.76. The molecule has 2 saturated carbocycles. The molecule has 0 N–H and O–H groups in total. The number of nitrogens with zero attached hydrogens (tertiary/aromatic N) is 1. The highest BCUT2D eigenvalue weighted by atomic mass is 33.1. The lowest BCUT2D eigenvalue weighted by Gasteiger charge is -2.50. The van der Waals surface area contributed by atoms with Gasteiger partial charge in [-0.2, -0.15) is 26.3 Å². The molecule has 4 nitrogen and oxygen atoms in total. The van der Waals surface area contributed by atoms with Crippen LogP contribution in [0.25, 0.3) is 0 Å². The average molecular weight is 738 g/mol. The van der Waals surface area contributed by atoms with Gasteiger partial charge in [0.1, 0.15) is 0 Å². The molecule has 4 aliphatic rings. The maximum atomic E-state index is 13.4. The van der Waals surface area contributed by atoms with E-state index in [1.807, 2.05) is 21.6 Å². The first-order chi connectivity index (χ1) is 23.2. The second-order valence-corrected chi connectivity index (χ2v) is 17.7. The van der Waals surface area contributed by atoms with Gasteiger partial charge in [0.05, 0.1) is 19.3 Å². The fourth-order valence-electron chi connectivity index (χ4n) is 9.06. The van der Waals surface area contributed by atoms with Crippen LogP contribution in [0, 0.1) is 17.3 Å². The molecule has 1 aliphatic heterocycles. The van der Waals surface area contributed by atoms with E-state index in [0.29, 0.717) is 42.5 Å². The van der Waals surface area contributed by atoms with E-state index in [2.05, 4.69) is 41.7 Å². The lowest BCUT2D eigenvalue weighted by atomic mass is 9.55. The highest BCUT2D eigenvalue weighted by Gasteiger charge is 2.69. The molecule has 0 aromatic heterocycles. The smallest absolute Gasteiger partial charge is 0.378 e. The molecule has 278 valence electrons. The standard InChI is InChI=1S/C37H53F6NO3S2/c1-4-5-6-17-44(27-15-20-48-49-24-27)23-28(45)22-25-8-10-29-26(21-25)9-11-31-30(29)14-16-34(2)32(31)12-13-33(34)46-18-7-19-47-35(3,36(38,39)40)37(41,42)43/h8,10,21,27,30-33H,4-7,9,11-20,22-24H2,1-3H3. The Morgan fingerprint density at radius 1 is 0.980 bits per heavy atom. The van der Waals surface area contributed by atoms with Gasteiger partial charge < -0.3 is 9.47 Å². The molecule has 1 aromatic rings. The summed E-state index contributed by atoms with van der Waals surface area (Å²) in [7, 11) is 3.86. The van der Waals surface area contributed by atoms with E-state index in [-0.39, 0.29) is 31.5 Å². The van der Waals surface area contributed by atoms with Crippen LogP contribution in [0.15, 0.2) is 18.2 Å². The maximum absolute atomic E-state index is 13.4. The zero-order valence-corrected chi connectivity index (χ0v) is 30.7. The third-order valence-corrected chi connectivity index (χ3v) is 14.5. The zero-order valence-electron chi connectivity index (χ0n) is 29.1. The predicted octanol–water partition coefficient (Wildman–Crippen LogP) is 9.98. The van der Waals surface area contributed by atoms with Gasteiger partial charge in [0, 0.05) is 30.6 Å². The molecule has 3 aliphatic carbocycles. The molecule has 1 heterocycles. The lowest BCUT2D eigenvalue weighted by molar-refractivity contribution is -0.374. The summed E-state index contributed by atoms with van der Waals surface area (Å²) in [6, 6.07) is 7.19. The van der Waals surface area contributed by atoms with Crippen LogP contribution >= 0.6 is 21.6 Å². The highest BCUT2D eigenvalue weighted by Crippen LogP contribution is 2.61. The van der Waals surface area contributed by atoms with Gasteiger partial charge in [0.25, 0.3) is 5.60 Å². The molecular weight excluding hydrogens is 685 g/mol. The molecule has 3 fully saturated rings. The van der Waals surface area contributed by atoms with E-state index in [9.17, 15) is 31.1 Å². The van der Waals surface area contributed by atoms with Crippen LogP contribution in [-0.4, -0.2) is 78.6 Å². The average Bonchev–Trinajstić information content (AvgIpc) is 3.39. The predicted molar refractivity (Wildman–Crippen MR) is 185 cm³/mol. The Kier molecular flexibility index (Phi) is 13.1. The number of aryl methyl sites for hydroxylation is 1. The summed E-state index contributed by atoms with van der Waals surface area (Å²) < 4.78 is 89.4. The van der Waals surface area contributed by atoms with Gasteiger partial charge in [-0.1, -0.05) is 66.5 Å². The van der Waals surface area contributed by atoms with Crippen molar-refractivity contribution in [2.45, 2.75) is 134 Å². The van der Waals surface area contributed by atoms with Crippen LogP contribution in [0.3, 0.4) is 0 Å². The van der Waals surface area contributed by atoms with Crippen LogP contribution in [0.1, 0.15) is 108 Å². The number of fused-ring (bicyclic) bond motifs is 5. The van der Waals surface area contributed by atoms with Crippen molar-refractivity contribution in [1.82, 2.24) is 4.90 Å². The molecular formula is C37H53F6NO3S2. The van der Waals surface area contributed by atoms with Crippen LogP contribution in [0.4, 0.5) is 26.3 Å². The Morgan fingerprint density at radius 2 is 1.76 bits per heavy atom. The summed E-state index contributed by atoms with van der Waals surface area (Å²) in [5.41, 5.74) is -0.387. The number of benzene rings is 1. The Labute approximate surface area is 296 Å². The number of halogens is 6. The first-order valence-electron chi connectivity index (χ1n) is 18.2. The number of alkyl halides is 6. The van der Waals surface area contributed by atoms with Gasteiger partial charge in [0.2, 0.25) is 0 Å². The summed E-state index contributed by atoms with van der Waals surface area (Å²) in [4.78, 5) is 15.8. The molecule has 49 heavy (non-hydrogen) atoms. The quantitative estimate of drug-likeness (QED) is 0.101. The van der Waals surface area contributed by atoms with Crippen LogP contribution in [-0.2, 0) is 27.1 Å². The number of rotatable bonds is 15. The summed E-state index contributed by atoms with van der Waals surface area (Å²) in [6.07, 6.45) is -0.225. The number of Topliss-reactive ketones (excluding diaryl/α,β-unsaturated/α-hetero) is 1. The van der Waals surface area contributed by atoms with E-state index in [0.717, 1.165) is 75.0 Å². The van der Waals surface area contributed by atoms with E-state index >= 15 is 0 Å². The molecule has 0 radical (unpaired) electrons. The minimum atomic E-state index is -5.56. The van der Waals surface area contributed by atoms with Crippen molar-refractivity contribution in [3.8, 4) is 0 Å². The third-order valence-electron chi connectivity index (χ3n) is 12.0. The Hall–Kier alpha value is -0.950. The number of ketones is 1. The minimum Gasteiger partial charge on any atom is -0.378 e. The SMILES string of the molecule is CCCCCN(CC(=O)Cc1ccc2c(c1)CCC1C2CCC2(C)C(OCCCOC(C)(C(F)(F)F)C(F)(F)F)CCC12)C1CCSSC1. The van der Waals surface area contributed by atoms with Crippen LogP contribution in [0.2, 0.25) is 0 Å². The van der Waals surface area contributed by atoms with Gasteiger partial charge in [-0.25, -0.2) is 0 Å². The van der Waals surface area contributed by atoms with Gasteiger partial charge >= 0.3 is 12.4 Å². The minimum absolute atomic E-state index is 0.0396. The number of ether oxygens (including phenoxy) is 2. The Bertz CT molecular complexity index is 1240. The zero-order chi connectivity index (χ0) is 35.5. The molecule has 6 unspecified atom stereocenters. The molecule has 6 atom stereocenters. The van der Waals surface area contributed by atoms with Gasteiger partial charge in [-0.05, 0) is 111 Å². The fourth-order valence-corrected chi connectivity index (χ4v) is 11.6. The van der Waals surface area contributed by atoms with Crippen molar-refractivity contribution < 1.29 is 40.6 Å². The summed E-state index contributed by atoms with van der Waals surface area (Å²) in [5, 5.41) is 0. The van der Waals surface area contributed by atoms with Crippen molar-refractivity contribution >= 4 is 27.4 Å². The summed E-state index contributed by atoms with van der Waals surface area (Å²) in [6.45, 7) is 5.40. The number of carbonyl (C=O) groups is 1. The molecule has 1 aromatic carbocycles. The molecule has 12 heteroatoms. The lowest BCUT2D eigenvalue weighted by Crippen LogP contribution is -2.56. The van der Waals surface area contributed by atoms with Crippen LogP contribution < -0.4 is 0 Å². The van der Waals surface area contributed by atoms with Crippen molar-refractivity contribution in [2.24, 2.45) is 17.3 Å². The van der Waals surface area contributed by atoms with E-state index in [1.165, 1.54) is 24.0 Å². The molecule has 0 spiro atoms. The van der Waals surface area contributed by atoms with E-state index in [4.69, 9.17) is 4.74 Å². The second-order valence-electron chi connectivity index (χ2n) is 15.1. The van der Waals surface area contributed by atoms with E-state index in [1.54, 1.807) is 0 Å². The van der Waals surface area contributed by atoms with Crippen molar-refractivity contribution in [3.05, 3.63) is 34.9 Å². The number of hydrogen-bond donors (Lipinski definition) is 0. The van der Waals surface area contributed by atoms with Crippen molar-refractivity contribution in [2.75, 3.05) is 37.8 Å². The molecule has 0 amide bonds. The first-order valence-corrected chi connectivity index (χ1v) is 20.7. The molecule has 1 saturated heterocycles. The summed E-state index contributed by atoms with van der Waals surface area (Å²) in [5.74, 6) is 3.95. The fraction of sp³-hybridized carbons (Fsp3) is 0.811. The number of hydrogen-bond acceptors (Lipinski definition) is 6. The normalized spacial score (nSPS) is 29.1.